The van der Waals surface area contributed by atoms with Crippen LogP contribution in [0.15, 0.2) is 18.6 Å². The fraction of sp³-hybridized carbons (Fsp3) is 0.583. The largest absolute Gasteiger partial charge is 0.330 e. The van der Waals surface area contributed by atoms with Gasteiger partial charge in [0.05, 0.1) is 12.7 Å². The van der Waals surface area contributed by atoms with E-state index in [9.17, 15) is 4.79 Å². The molecule has 1 fully saturated rings. The molecule has 0 spiro atoms. The molecule has 1 aliphatic heterocycles. The summed E-state index contributed by atoms with van der Waals surface area (Å²) in [4.78, 5) is 22.0. The van der Waals surface area contributed by atoms with Crippen LogP contribution in [0.5, 0.6) is 0 Å². The number of aromatic nitrogens is 2. The maximum absolute atomic E-state index is 11.9. The van der Waals surface area contributed by atoms with Gasteiger partial charge >= 0.3 is 0 Å². The number of carbonyl (C=O) groups is 1. The maximum atomic E-state index is 11.9. The molecule has 2 rings (SSSR count). The second-order valence-electron chi connectivity index (χ2n) is 4.49. The lowest BCUT2D eigenvalue weighted by Gasteiger charge is -2.31. The lowest BCUT2D eigenvalue weighted by atomic mass is 9.98. The van der Waals surface area contributed by atoms with Crippen LogP contribution in [0.4, 0.5) is 0 Å². The van der Waals surface area contributed by atoms with Crippen molar-refractivity contribution in [1.29, 1.82) is 0 Å². The zero-order chi connectivity index (χ0) is 12.1. The zero-order valence-electron chi connectivity index (χ0n) is 9.88. The van der Waals surface area contributed by atoms with E-state index in [1.54, 1.807) is 12.4 Å². The minimum Gasteiger partial charge on any atom is -0.330 e. The standard InChI is InChI=1S/C12H18N4O/c13-6-10-2-1-5-16(8-10)9-12(17)11-7-14-3-4-15-11/h3-4,7,10H,1-2,5-6,8-9,13H2/t10-/m1/s1. The Kier molecular flexibility index (Phi) is 4.17. The molecule has 2 heterocycles. The Morgan fingerprint density at radius 3 is 3.12 bits per heavy atom. The quantitative estimate of drug-likeness (QED) is 0.760. The average Bonchev–Trinajstić information content (AvgIpc) is 2.40. The summed E-state index contributed by atoms with van der Waals surface area (Å²) in [5, 5.41) is 0. The summed E-state index contributed by atoms with van der Waals surface area (Å²) in [6, 6.07) is 0. The highest BCUT2D eigenvalue weighted by molar-refractivity contribution is 5.95. The molecule has 1 aromatic heterocycles. The van der Waals surface area contributed by atoms with Gasteiger partial charge in [0.15, 0.2) is 5.78 Å². The number of nitrogens with zero attached hydrogens (tertiary/aromatic N) is 3. The molecule has 0 aromatic carbocycles. The Bertz CT molecular complexity index is 368. The van der Waals surface area contributed by atoms with E-state index >= 15 is 0 Å². The number of rotatable bonds is 4. The van der Waals surface area contributed by atoms with Gasteiger partial charge in [-0.2, -0.15) is 0 Å². The molecule has 0 saturated carbocycles. The molecule has 0 radical (unpaired) electrons. The number of Topliss-reactive ketones (excluding diaryl/α,β-unsaturated/α-hetero) is 1. The predicted molar refractivity (Wildman–Crippen MR) is 64.6 cm³/mol. The summed E-state index contributed by atoms with van der Waals surface area (Å²) in [6.07, 6.45) is 6.93. The Morgan fingerprint density at radius 1 is 1.53 bits per heavy atom. The third-order valence-corrected chi connectivity index (χ3v) is 3.15. The van der Waals surface area contributed by atoms with Crippen molar-refractivity contribution in [3.05, 3.63) is 24.3 Å². The summed E-state index contributed by atoms with van der Waals surface area (Å²) in [6.45, 7) is 3.02. The molecule has 1 atom stereocenters. The summed E-state index contributed by atoms with van der Waals surface area (Å²) >= 11 is 0. The molecular weight excluding hydrogens is 216 g/mol. The first-order valence-corrected chi connectivity index (χ1v) is 6.01. The van der Waals surface area contributed by atoms with Crippen LogP contribution in [0.2, 0.25) is 0 Å². The van der Waals surface area contributed by atoms with Gasteiger partial charge in [0.25, 0.3) is 0 Å². The van der Waals surface area contributed by atoms with Crippen LogP contribution in [0.25, 0.3) is 0 Å². The van der Waals surface area contributed by atoms with Crippen LogP contribution in [0, 0.1) is 5.92 Å². The number of hydrogen-bond acceptors (Lipinski definition) is 5. The third kappa shape index (κ3) is 3.31. The van der Waals surface area contributed by atoms with Crippen molar-refractivity contribution >= 4 is 5.78 Å². The Hall–Kier alpha value is -1.33. The highest BCUT2D eigenvalue weighted by Gasteiger charge is 2.21. The van der Waals surface area contributed by atoms with E-state index in [4.69, 9.17) is 5.73 Å². The van der Waals surface area contributed by atoms with Crippen LogP contribution in [-0.2, 0) is 0 Å². The molecule has 2 N–H and O–H groups in total. The Balaban J connectivity index is 1.90. The normalized spacial score (nSPS) is 21.4. The van der Waals surface area contributed by atoms with Crippen LogP contribution >= 0.6 is 0 Å². The molecular formula is C12H18N4O. The van der Waals surface area contributed by atoms with E-state index in [0.717, 1.165) is 19.5 Å². The topological polar surface area (TPSA) is 72.1 Å². The molecule has 0 unspecified atom stereocenters. The van der Waals surface area contributed by atoms with E-state index in [1.165, 1.54) is 12.6 Å². The fourth-order valence-corrected chi connectivity index (χ4v) is 2.21. The average molecular weight is 234 g/mol. The molecule has 1 saturated heterocycles. The zero-order valence-corrected chi connectivity index (χ0v) is 9.88. The molecule has 92 valence electrons. The van der Waals surface area contributed by atoms with E-state index in [-0.39, 0.29) is 5.78 Å². The van der Waals surface area contributed by atoms with Gasteiger partial charge in [0.1, 0.15) is 5.69 Å². The van der Waals surface area contributed by atoms with Crippen molar-refractivity contribution in [2.45, 2.75) is 12.8 Å². The van der Waals surface area contributed by atoms with Crippen LogP contribution < -0.4 is 5.73 Å². The minimum absolute atomic E-state index is 0.0378. The first kappa shape index (κ1) is 12.1. The molecule has 5 heteroatoms. The lowest BCUT2D eigenvalue weighted by molar-refractivity contribution is 0.0884. The molecule has 5 nitrogen and oxygen atoms in total. The van der Waals surface area contributed by atoms with Crippen LogP contribution in [0.1, 0.15) is 23.3 Å². The van der Waals surface area contributed by atoms with Crippen molar-refractivity contribution in [2.75, 3.05) is 26.2 Å². The lowest BCUT2D eigenvalue weighted by Crippen LogP contribution is -2.41. The van der Waals surface area contributed by atoms with Crippen molar-refractivity contribution in [2.24, 2.45) is 11.7 Å². The summed E-state index contributed by atoms with van der Waals surface area (Å²) in [7, 11) is 0. The highest BCUT2D eigenvalue weighted by Crippen LogP contribution is 2.15. The highest BCUT2D eigenvalue weighted by atomic mass is 16.1. The second kappa shape index (κ2) is 5.84. The van der Waals surface area contributed by atoms with Crippen molar-refractivity contribution < 1.29 is 4.79 Å². The third-order valence-electron chi connectivity index (χ3n) is 3.15. The molecule has 0 bridgehead atoms. The van der Waals surface area contributed by atoms with Crippen molar-refractivity contribution in [1.82, 2.24) is 14.9 Å². The van der Waals surface area contributed by atoms with E-state index in [1.807, 2.05) is 0 Å². The van der Waals surface area contributed by atoms with Gasteiger partial charge in [-0.05, 0) is 31.8 Å². The van der Waals surface area contributed by atoms with E-state index < -0.39 is 0 Å². The van der Waals surface area contributed by atoms with E-state index in [0.29, 0.717) is 24.7 Å². The fourth-order valence-electron chi connectivity index (χ4n) is 2.21. The van der Waals surface area contributed by atoms with Gasteiger partial charge in [-0.25, -0.2) is 4.98 Å². The minimum atomic E-state index is 0.0378. The molecule has 0 aliphatic carbocycles. The first-order chi connectivity index (χ1) is 8.29. The summed E-state index contributed by atoms with van der Waals surface area (Å²) < 4.78 is 0. The van der Waals surface area contributed by atoms with Gasteiger partial charge in [-0.3, -0.25) is 14.7 Å². The first-order valence-electron chi connectivity index (χ1n) is 6.01. The monoisotopic (exact) mass is 234 g/mol. The molecule has 1 aromatic rings. The number of ketones is 1. The SMILES string of the molecule is NC[C@H]1CCCN(CC(=O)c2cnccn2)C1. The number of hydrogen-bond donors (Lipinski definition) is 1. The summed E-state index contributed by atoms with van der Waals surface area (Å²) in [5.41, 5.74) is 6.12. The number of piperidine rings is 1. The molecule has 17 heavy (non-hydrogen) atoms. The Morgan fingerprint density at radius 2 is 2.41 bits per heavy atom. The summed E-state index contributed by atoms with van der Waals surface area (Å²) in [5.74, 6) is 0.564. The Labute approximate surface area is 101 Å². The van der Waals surface area contributed by atoms with Gasteiger partial charge in [-0.1, -0.05) is 0 Å². The molecule has 0 amide bonds. The van der Waals surface area contributed by atoms with Gasteiger partial charge in [0, 0.05) is 18.9 Å². The number of nitrogens with two attached hydrogens (primary N) is 1. The number of carbonyl (C=O) groups excluding carboxylic acids is 1. The molecule has 1 aliphatic rings. The number of likely N-dealkylation sites (tertiary alicyclic amines) is 1. The predicted octanol–water partition coefficient (Wildman–Crippen LogP) is 0.330. The smallest absolute Gasteiger partial charge is 0.196 e. The van der Waals surface area contributed by atoms with Gasteiger partial charge in [-0.15, -0.1) is 0 Å². The van der Waals surface area contributed by atoms with Gasteiger partial charge in [0.2, 0.25) is 0 Å². The van der Waals surface area contributed by atoms with Crippen molar-refractivity contribution in [3.63, 3.8) is 0 Å². The van der Waals surface area contributed by atoms with E-state index in [2.05, 4.69) is 14.9 Å². The van der Waals surface area contributed by atoms with Crippen LogP contribution in [0.3, 0.4) is 0 Å². The van der Waals surface area contributed by atoms with Crippen LogP contribution in [-0.4, -0.2) is 46.8 Å². The maximum Gasteiger partial charge on any atom is 0.196 e. The van der Waals surface area contributed by atoms with Gasteiger partial charge < -0.3 is 5.73 Å². The second-order valence-corrected chi connectivity index (χ2v) is 4.49. The van der Waals surface area contributed by atoms with Crippen molar-refractivity contribution in [3.8, 4) is 0 Å².